The highest BCUT2D eigenvalue weighted by Gasteiger charge is 2.20. The van der Waals surface area contributed by atoms with Crippen LogP contribution in [0.25, 0.3) is 0 Å². The quantitative estimate of drug-likeness (QED) is 0.800. The van der Waals surface area contributed by atoms with Crippen molar-refractivity contribution in [1.82, 2.24) is 15.0 Å². The van der Waals surface area contributed by atoms with Gasteiger partial charge in [0.05, 0.1) is 24.9 Å². The molecule has 0 aliphatic rings. The van der Waals surface area contributed by atoms with Crippen molar-refractivity contribution in [2.45, 2.75) is 45.8 Å². The molecule has 92 valence electrons. The van der Waals surface area contributed by atoms with Crippen LogP contribution >= 0.6 is 0 Å². The number of methoxy groups -OCH3 is 1. The average molecular weight is 227 g/mol. The summed E-state index contributed by atoms with van der Waals surface area (Å²) in [5, 5.41) is 17.4. The van der Waals surface area contributed by atoms with Gasteiger partial charge in [0.1, 0.15) is 5.69 Å². The van der Waals surface area contributed by atoms with E-state index in [0.29, 0.717) is 18.2 Å². The van der Waals surface area contributed by atoms with Crippen molar-refractivity contribution >= 4 is 0 Å². The van der Waals surface area contributed by atoms with Gasteiger partial charge in [-0.3, -0.25) is 0 Å². The zero-order valence-electron chi connectivity index (χ0n) is 10.5. The van der Waals surface area contributed by atoms with Crippen LogP contribution in [0, 0.1) is 0 Å². The topological polar surface area (TPSA) is 60.2 Å². The third-order valence-corrected chi connectivity index (χ3v) is 2.68. The molecule has 0 fully saturated rings. The summed E-state index contributed by atoms with van der Waals surface area (Å²) in [6.45, 7) is 6.80. The van der Waals surface area contributed by atoms with Gasteiger partial charge in [-0.25, -0.2) is 4.68 Å². The van der Waals surface area contributed by atoms with Gasteiger partial charge in [-0.05, 0) is 12.3 Å². The van der Waals surface area contributed by atoms with E-state index in [9.17, 15) is 5.11 Å². The van der Waals surface area contributed by atoms with Crippen LogP contribution < -0.4 is 0 Å². The van der Waals surface area contributed by atoms with Crippen LogP contribution in [0.15, 0.2) is 0 Å². The Labute approximate surface area is 96.4 Å². The molecule has 0 saturated carbocycles. The maximum Gasteiger partial charge on any atom is 0.112 e. The largest absolute Gasteiger partial charge is 0.390 e. The molecule has 5 nitrogen and oxygen atoms in total. The molecular weight excluding hydrogens is 206 g/mol. The molecule has 0 aliphatic carbocycles. The minimum atomic E-state index is -0.0586. The van der Waals surface area contributed by atoms with Crippen LogP contribution in [0.4, 0.5) is 0 Å². The Bertz CT molecular complexity index is 323. The van der Waals surface area contributed by atoms with Crippen LogP contribution in [0.3, 0.4) is 0 Å². The minimum Gasteiger partial charge on any atom is -0.390 e. The van der Waals surface area contributed by atoms with E-state index in [1.807, 2.05) is 4.68 Å². The number of hydrogen-bond donors (Lipinski definition) is 1. The second-order valence-electron chi connectivity index (χ2n) is 4.20. The Morgan fingerprint density at radius 3 is 2.56 bits per heavy atom. The van der Waals surface area contributed by atoms with Crippen molar-refractivity contribution in [3.8, 4) is 0 Å². The minimum absolute atomic E-state index is 0.0586. The fourth-order valence-electron chi connectivity index (χ4n) is 1.87. The molecule has 1 N–H and O–H groups in total. The second-order valence-corrected chi connectivity index (χ2v) is 4.20. The predicted molar refractivity (Wildman–Crippen MR) is 61.2 cm³/mol. The zero-order chi connectivity index (χ0) is 12.1. The van der Waals surface area contributed by atoms with Crippen LogP contribution in [-0.2, 0) is 11.3 Å². The van der Waals surface area contributed by atoms with Crippen molar-refractivity contribution in [3.63, 3.8) is 0 Å². The van der Waals surface area contributed by atoms with E-state index in [1.54, 1.807) is 7.11 Å². The van der Waals surface area contributed by atoms with Crippen LogP contribution in [0.2, 0.25) is 0 Å². The van der Waals surface area contributed by atoms with Gasteiger partial charge in [-0.2, -0.15) is 0 Å². The average Bonchev–Trinajstić information content (AvgIpc) is 2.69. The molecule has 1 rings (SSSR count). The fraction of sp³-hybridized carbons (Fsp3) is 0.818. The van der Waals surface area contributed by atoms with E-state index in [1.165, 1.54) is 0 Å². The van der Waals surface area contributed by atoms with Gasteiger partial charge < -0.3 is 9.84 Å². The maximum atomic E-state index is 9.22. The Morgan fingerprint density at radius 1 is 1.44 bits per heavy atom. The number of ether oxygens (including phenoxy) is 1. The Hall–Kier alpha value is -0.940. The molecule has 0 amide bonds. The number of hydrogen-bond acceptors (Lipinski definition) is 4. The van der Waals surface area contributed by atoms with Gasteiger partial charge in [-0.1, -0.05) is 26.0 Å². The number of nitrogens with zero attached hydrogens (tertiary/aromatic N) is 3. The Morgan fingerprint density at radius 2 is 2.12 bits per heavy atom. The van der Waals surface area contributed by atoms with Gasteiger partial charge in [-0.15, -0.1) is 5.10 Å². The zero-order valence-corrected chi connectivity index (χ0v) is 10.5. The standard InChI is InChI=1S/C11H21N3O2/c1-5-9(7-16-4)14-11(8(2)3)10(6-15)12-13-14/h8-9,15H,5-7H2,1-4H3. The molecular formula is C11H21N3O2. The van der Waals surface area contributed by atoms with E-state index in [4.69, 9.17) is 4.74 Å². The molecule has 0 bridgehead atoms. The van der Waals surface area contributed by atoms with Gasteiger partial charge >= 0.3 is 0 Å². The Balaban J connectivity index is 3.06. The molecule has 0 radical (unpaired) electrons. The lowest BCUT2D eigenvalue weighted by atomic mass is 10.1. The maximum absolute atomic E-state index is 9.22. The molecule has 16 heavy (non-hydrogen) atoms. The van der Waals surface area contributed by atoms with Gasteiger partial charge in [0.2, 0.25) is 0 Å². The molecule has 0 spiro atoms. The van der Waals surface area contributed by atoms with Gasteiger partial charge in [0.25, 0.3) is 0 Å². The van der Waals surface area contributed by atoms with E-state index in [0.717, 1.165) is 12.1 Å². The fourth-order valence-corrected chi connectivity index (χ4v) is 1.87. The number of aliphatic hydroxyl groups excluding tert-OH is 1. The van der Waals surface area contributed by atoms with Gasteiger partial charge in [0.15, 0.2) is 0 Å². The first-order chi connectivity index (χ1) is 7.65. The lowest BCUT2D eigenvalue weighted by Crippen LogP contribution is -2.18. The second kappa shape index (κ2) is 5.96. The highest BCUT2D eigenvalue weighted by Crippen LogP contribution is 2.22. The summed E-state index contributed by atoms with van der Waals surface area (Å²) in [6.07, 6.45) is 0.932. The molecule has 1 aromatic heterocycles. The van der Waals surface area contributed by atoms with E-state index >= 15 is 0 Å². The number of rotatable bonds is 6. The van der Waals surface area contributed by atoms with Gasteiger partial charge in [0, 0.05) is 7.11 Å². The molecule has 0 aromatic carbocycles. The molecule has 1 unspecified atom stereocenters. The predicted octanol–water partition coefficient (Wildman–Crippen LogP) is 1.49. The monoisotopic (exact) mass is 227 g/mol. The molecule has 0 saturated heterocycles. The van der Waals surface area contributed by atoms with Crippen molar-refractivity contribution in [3.05, 3.63) is 11.4 Å². The SMILES string of the molecule is CCC(COC)n1nnc(CO)c1C(C)C. The smallest absolute Gasteiger partial charge is 0.112 e. The normalized spacial score (nSPS) is 13.4. The van der Waals surface area contributed by atoms with Crippen molar-refractivity contribution in [2.24, 2.45) is 0 Å². The van der Waals surface area contributed by atoms with Crippen molar-refractivity contribution in [2.75, 3.05) is 13.7 Å². The van der Waals surface area contributed by atoms with Crippen LogP contribution in [0.1, 0.15) is 50.5 Å². The molecule has 5 heteroatoms. The summed E-state index contributed by atoms with van der Waals surface area (Å²) in [7, 11) is 1.68. The highest BCUT2D eigenvalue weighted by molar-refractivity contribution is 5.14. The molecule has 0 aliphatic heterocycles. The number of aliphatic hydroxyl groups is 1. The van der Waals surface area contributed by atoms with Crippen molar-refractivity contribution in [1.29, 1.82) is 0 Å². The van der Waals surface area contributed by atoms with E-state index < -0.39 is 0 Å². The summed E-state index contributed by atoms with van der Waals surface area (Å²) in [5.74, 6) is 0.294. The highest BCUT2D eigenvalue weighted by atomic mass is 16.5. The summed E-state index contributed by atoms with van der Waals surface area (Å²) in [5.41, 5.74) is 1.68. The third kappa shape index (κ3) is 2.59. The summed E-state index contributed by atoms with van der Waals surface area (Å²) in [6, 6.07) is 0.190. The number of aromatic nitrogens is 3. The first-order valence-electron chi connectivity index (χ1n) is 5.69. The summed E-state index contributed by atoms with van der Waals surface area (Å²) in [4.78, 5) is 0. The molecule has 1 aromatic rings. The molecule has 1 heterocycles. The lowest BCUT2D eigenvalue weighted by Gasteiger charge is -2.18. The Kier molecular flexibility index (Phi) is 4.89. The molecule has 1 atom stereocenters. The first-order valence-corrected chi connectivity index (χ1v) is 5.69. The van der Waals surface area contributed by atoms with Crippen LogP contribution in [-0.4, -0.2) is 33.8 Å². The van der Waals surface area contributed by atoms with E-state index in [2.05, 4.69) is 31.1 Å². The van der Waals surface area contributed by atoms with Crippen molar-refractivity contribution < 1.29 is 9.84 Å². The summed E-state index contributed by atoms with van der Waals surface area (Å²) < 4.78 is 7.06. The van der Waals surface area contributed by atoms with Crippen LogP contribution in [0.5, 0.6) is 0 Å². The lowest BCUT2D eigenvalue weighted by molar-refractivity contribution is 0.144. The summed E-state index contributed by atoms with van der Waals surface area (Å²) >= 11 is 0. The first kappa shape index (κ1) is 13.1. The third-order valence-electron chi connectivity index (χ3n) is 2.68. The van der Waals surface area contributed by atoms with E-state index in [-0.39, 0.29) is 12.6 Å².